The van der Waals surface area contributed by atoms with Crippen LogP contribution in [0.2, 0.25) is 0 Å². The largest absolute Gasteiger partial charge is 0.394 e. The van der Waals surface area contributed by atoms with Gasteiger partial charge in [-0.2, -0.15) is 0 Å². The molecule has 19 nitrogen and oxygen atoms in total. The molecule has 19 heteroatoms. The van der Waals surface area contributed by atoms with Gasteiger partial charge in [0, 0.05) is 6.42 Å². The number of allylic oxidation sites excluding steroid dienone is 15. The van der Waals surface area contributed by atoms with E-state index in [1.54, 1.807) is 6.08 Å². The van der Waals surface area contributed by atoms with Gasteiger partial charge in [0.05, 0.1) is 38.6 Å². The molecule has 3 aliphatic rings. The lowest BCUT2D eigenvalue weighted by atomic mass is 9.96. The topological polar surface area (TPSA) is 307 Å². The van der Waals surface area contributed by atoms with Gasteiger partial charge in [0.2, 0.25) is 5.91 Å². The smallest absolute Gasteiger partial charge is 0.220 e. The molecule has 83 heavy (non-hydrogen) atoms. The number of carbonyl (C=O) groups is 1. The molecule has 17 unspecified atom stereocenters. The van der Waals surface area contributed by atoms with E-state index in [-0.39, 0.29) is 12.3 Å². The van der Waals surface area contributed by atoms with E-state index in [4.69, 9.17) is 28.4 Å². The lowest BCUT2D eigenvalue weighted by molar-refractivity contribution is -0.379. The lowest BCUT2D eigenvalue weighted by Gasteiger charge is -2.48. The molecule has 0 aromatic rings. The zero-order valence-electron chi connectivity index (χ0n) is 49.6. The zero-order chi connectivity index (χ0) is 60.5. The van der Waals surface area contributed by atoms with Gasteiger partial charge < -0.3 is 89.9 Å². The summed E-state index contributed by atoms with van der Waals surface area (Å²) in [5, 5.41) is 120. The van der Waals surface area contributed by atoms with Gasteiger partial charge in [-0.1, -0.05) is 188 Å². The molecule has 0 aliphatic carbocycles. The Morgan fingerprint density at radius 1 is 0.446 bits per heavy atom. The Bertz CT molecular complexity index is 1890. The molecule has 17 atom stereocenters. The van der Waals surface area contributed by atoms with Crippen LogP contribution in [0.25, 0.3) is 0 Å². The molecular formula is C64H107NO18. The molecule has 12 N–H and O–H groups in total. The van der Waals surface area contributed by atoms with Crippen molar-refractivity contribution < 1.29 is 89.4 Å². The fourth-order valence-electron chi connectivity index (χ4n) is 9.82. The molecule has 476 valence electrons. The fraction of sp³-hybridized carbons (Fsp3) is 0.734. The third-order valence-electron chi connectivity index (χ3n) is 14.9. The van der Waals surface area contributed by atoms with Crippen LogP contribution in [0.15, 0.2) is 97.2 Å². The average Bonchev–Trinajstić information content (AvgIpc) is 3.43. The van der Waals surface area contributed by atoms with E-state index in [1.165, 1.54) is 77.0 Å². The van der Waals surface area contributed by atoms with Crippen LogP contribution in [0.3, 0.4) is 0 Å². The summed E-state index contributed by atoms with van der Waals surface area (Å²) in [7, 11) is 0. The zero-order valence-corrected chi connectivity index (χ0v) is 49.6. The number of ether oxygens (including phenoxy) is 6. The number of hydrogen-bond donors (Lipinski definition) is 12. The Morgan fingerprint density at radius 3 is 1.34 bits per heavy atom. The molecule has 3 heterocycles. The predicted molar refractivity (Wildman–Crippen MR) is 318 cm³/mol. The maximum absolute atomic E-state index is 13.3. The second-order valence-corrected chi connectivity index (χ2v) is 21.8. The van der Waals surface area contributed by atoms with E-state index in [9.17, 15) is 61.0 Å². The normalized spacial score (nSPS) is 30.1. The van der Waals surface area contributed by atoms with Crippen LogP contribution in [-0.2, 0) is 33.2 Å². The van der Waals surface area contributed by atoms with Crippen molar-refractivity contribution >= 4 is 5.91 Å². The van der Waals surface area contributed by atoms with E-state index in [2.05, 4.69) is 92.1 Å². The highest BCUT2D eigenvalue weighted by molar-refractivity contribution is 5.76. The van der Waals surface area contributed by atoms with Gasteiger partial charge in [-0.25, -0.2) is 0 Å². The molecule has 3 fully saturated rings. The summed E-state index contributed by atoms with van der Waals surface area (Å²) in [6.45, 7) is 1.52. The number of nitrogens with one attached hydrogen (secondary N) is 1. The third-order valence-corrected chi connectivity index (χ3v) is 14.9. The van der Waals surface area contributed by atoms with Gasteiger partial charge in [0.15, 0.2) is 18.9 Å². The molecule has 1 amide bonds. The van der Waals surface area contributed by atoms with Crippen LogP contribution in [0, 0.1) is 0 Å². The minimum absolute atomic E-state index is 0.105. The summed E-state index contributed by atoms with van der Waals surface area (Å²) in [4.78, 5) is 13.3. The van der Waals surface area contributed by atoms with Crippen LogP contribution >= 0.6 is 0 Å². The highest BCUT2D eigenvalue weighted by atomic mass is 16.8. The number of aliphatic hydroxyl groups excluding tert-OH is 11. The maximum Gasteiger partial charge on any atom is 0.220 e. The number of unbranched alkanes of at least 4 members (excludes halogenated alkanes) is 14. The molecule has 0 spiro atoms. The van der Waals surface area contributed by atoms with Crippen LogP contribution < -0.4 is 5.32 Å². The van der Waals surface area contributed by atoms with Gasteiger partial charge in [0.25, 0.3) is 0 Å². The average molecular weight is 1180 g/mol. The van der Waals surface area contributed by atoms with Crippen molar-refractivity contribution in [1.82, 2.24) is 5.32 Å². The minimum atomic E-state index is -1.99. The first-order valence-corrected chi connectivity index (χ1v) is 31.0. The summed E-state index contributed by atoms with van der Waals surface area (Å²) < 4.78 is 34.2. The first-order chi connectivity index (χ1) is 40.3. The van der Waals surface area contributed by atoms with Crippen LogP contribution in [0.1, 0.15) is 168 Å². The highest BCUT2D eigenvalue weighted by Crippen LogP contribution is 2.33. The molecule has 0 radical (unpaired) electrons. The molecule has 0 saturated carbocycles. The van der Waals surface area contributed by atoms with Crippen molar-refractivity contribution in [2.45, 2.75) is 272 Å². The lowest BCUT2D eigenvalue weighted by Crippen LogP contribution is -2.66. The van der Waals surface area contributed by atoms with Crippen LogP contribution in [0.4, 0.5) is 0 Å². The van der Waals surface area contributed by atoms with Crippen molar-refractivity contribution in [3.05, 3.63) is 97.2 Å². The molecule has 3 saturated heterocycles. The second-order valence-electron chi connectivity index (χ2n) is 21.8. The maximum atomic E-state index is 13.3. The van der Waals surface area contributed by atoms with Gasteiger partial charge in [-0.3, -0.25) is 4.79 Å². The first kappa shape index (κ1) is 74.0. The Balaban J connectivity index is 1.54. The fourth-order valence-corrected chi connectivity index (χ4v) is 9.82. The van der Waals surface area contributed by atoms with Crippen molar-refractivity contribution in [2.75, 3.05) is 26.4 Å². The molecular weight excluding hydrogens is 1070 g/mol. The summed E-state index contributed by atoms with van der Waals surface area (Å²) in [6, 6.07) is -1.04. The molecule has 3 rings (SSSR count). The Morgan fingerprint density at radius 2 is 0.843 bits per heavy atom. The summed E-state index contributed by atoms with van der Waals surface area (Å²) in [5.74, 6) is -0.372. The molecule has 0 bridgehead atoms. The Hall–Kier alpha value is -3.29. The Labute approximate surface area is 494 Å². The first-order valence-electron chi connectivity index (χ1n) is 31.0. The van der Waals surface area contributed by atoms with Crippen molar-refractivity contribution in [1.29, 1.82) is 0 Å². The van der Waals surface area contributed by atoms with E-state index >= 15 is 0 Å². The van der Waals surface area contributed by atoms with E-state index in [1.807, 2.05) is 18.2 Å². The summed E-state index contributed by atoms with van der Waals surface area (Å²) in [5.41, 5.74) is 0. The molecule has 0 aromatic heterocycles. The number of rotatable bonds is 44. The highest BCUT2D eigenvalue weighted by Gasteiger charge is 2.53. The van der Waals surface area contributed by atoms with Crippen LogP contribution in [-0.4, -0.2) is 193 Å². The third kappa shape index (κ3) is 29.3. The van der Waals surface area contributed by atoms with E-state index in [0.29, 0.717) is 19.3 Å². The van der Waals surface area contributed by atoms with Crippen molar-refractivity contribution in [2.24, 2.45) is 0 Å². The summed E-state index contributed by atoms with van der Waals surface area (Å²) in [6.07, 6.45) is 31.1. The number of carbonyl (C=O) groups excluding carboxylic acids is 1. The quantitative estimate of drug-likeness (QED) is 0.0241. The van der Waals surface area contributed by atoms with Crippen molar-refractivity contribution in [3.63, 3.8) is 0 Å². The predicted octanol–water partition coefficient (Wildman–Crippen LogP) is 6.15. The van der Waals surface area contributed by atoms with Crippen LogP contribution in [0.5, 0.6) is 0 Å². The number of amides is 1. The Kier molecular flexibility index (Phi) is 40.9. The van der Waals surface area contributed by atoms with Gasteiger partial charge in [0.1, 0.15) is 73.2 Å². The second kappa shape index (κ2) is 45.9. The molecule has 0 aromatic carbocycles. The van der Waals surface area contributed by atoms with Gasteiger partial charge >= 0.3 is 0 Å². The minimum Gasteiger partial charge on any atom is -0.394 e. The van der Waals surface area contributed by atoms with Gasteiger partial charge in [-0.15, -0.1) is 0 Å². The van der Waals surface area contributed by atoms with Crippen molar-refractivity contribution in [3.8, 4) is 0 Å². The van der Waals surface area contributed by atoms with E-state index < -0.39 is 131 Å². The SMILES string of the molecule is CC/C=C\C/C=C\C/C=C\C/C=C\C/C=C\C/C=C\CCC(=O)NC(COC1OC(CO)C(OC2OC(CO)C(OC3OC(CO)C(O)C(O)C3O)C(O)C2O)C(O)C1O)C(O)/C=C/CC/C=C/CCCCCCCCCCCCCCC. The number of aliphatic hydroxyl groups is 11. The van der Waals surface area contributed by atoms with E-state index in [0.717, 1.165) is 51.4 Å². The van der Waals surface area contributed by atoms with Gasteiger partial charge in [-0.05, 0) is 70.6 Å². The molecule has 3 aliphatic heterocycles. The monoisotopic (exact) mass is 1180 g/mol. The summed E-state index contributed by atoms with van der Waals surface area (Å²) >= 11 is 0. The number of hydrogen-bond acceptors (Lipinski definition) is 18. The standard InChI is InChI=1S/C64H107NO18/c1-3-5-7-9-11-13-15-17-19-21-23-25-27-29-31-33-35-37-39-41-48(69)47(65-52(70)42-40-38-36-34-32-30-28-26-24-22-20-18-16-14-12-10-8-6-4-2)46-78-62-58(76)55(73)60(50(44-67)80-62)83-64-59(77)56(74)61(51(45-68)81-64)82-63-57(75)54(72)53(71)49(43-66)79-63/h6,8,12,14,18,20,24,26,30-33,36,38-39,41,47-51,53-64,66-69,71-77H,3-5,7,9-11,13,15-17,19,21-23,25,27-29,34-35,37,40,42-46H2,1-2H3,(H,65,70)/b8-6-,14-12-,20-18-,26-24-,32-30-,33-31+,38-36-,41-39+.